The number of aryl methyl sites for hydroxylation is 1. The van der Waals surface area contributed by atoms with Gasteiger partial charge in [-0.2, -0.15) is 0 Å². The highest BCUT2D eigenvalue weighted by Gasteiger charge is 2.13. The summed E-state index contributed by atoms with van der Waals surface area (Å²) < 4.78 is 0. The summed E-state index contributed by atoms with van der Waals surface area (Å²) in [6, 6.07) is 10.4. The highest BCUT2D eigenvalue weighted by Crippen LogP contribution is 2.25. The molecule has 0 aliphatic heterocycles. The molecule has 0 aliphatic rings. The second-order valence-electron chi connectivity index (χ2n) is 6.63. The molecule has 2 heterocycles. The lowest BCUT2D eigenvalue weighted by Gasteiger charge is -2.21. The van der Waals surface area contributed by atoms with Crippen LogP contribution in [0.4, 0.5) is 0 Å². The van der Waals surface area contributed by atoms with Crippen molar-refractivity contribution in [2.75, 3.05) is 13.1 Å². The summed E-state index contributed by atoms with van der Waals surface area (Å²) in [5.74, 6) is 0.246. The molecule has 0 saturated heterocycles. The van der Waals surface area contributed by atoms with Crippen molar-refractivity contribution in [2.45, 2.75) is 46.0 Å². The van der Waals surface area contributed by atoms with Crippen molar-refractivity contribution in [3.05, 3.63) is 42.2 Å². The topological polar surface area (TPSA) is 49.0 Å². The summed E-state index contributed by atoms with van der Waals surface area (Å²) in [7, 11) is 0. The fourth-order valence-electron chi connectivity index (χ4n) is 3.30. The Labute approximate surface area is 149 Å². The predicted octanol–water partition coefficient (Wildman–Crippen LogP) is 4.69. The lowest BCUT2D eigenvalue weighted by atomic mass is 10.1. The summed E-state index contributed by atoms with van der Waals surface area (Å²) in [5.41, 5.74) is 3.16. The van der Waals surface area contributed by atoms with Crippen molar-refractivity contribution in [3.8, 4) is 0 Å². The van der Waals surface area contributed by atoms with E-state index in [-0.39, 0.29) is 5.91 Å². The molecule has 1 aromatic carbocycles. The van der Waals surface area contributed by atoms with Gasteiger partial charge in [-0.15, -0.1) is 0 Å². The number of nitrogens with one attached hydrogen (secondary N) is 1. The van der Waals surface area contributed by atoms with E-state index < -0.39 is 0 Å². The largest absolute Gasteiger partial charge is 0.353 e. The monoisotopic (exact) mass is 337 g/mol. The van der Waals surface area contributed by atoms with Crippen LogP contribution in [0.3, 0.4) is 0 Å². The highest BCUT2D eigenvalue weighted by atomic mass is 16.2. The molecular formula is C21H27N3O. The lowest BCUT2D eigenvalue weighted by molar-refractivity contribution is -0.131. The molecule has 132 valence electrons. The molecule has 3 rings (SSSR count). The molecule has 0 fully saturated rings. The van der Waals surface area contributed by atoms with Crippen molar-refractivity contribution in [1.82, 2.24) is 14.9 Å². The van der Waals surface area contributed by atoms with Gasteiger partial charge in [-0.3, -0.25) is 9.78 Å². The number of benzene rings is 1. The zero-order chi connectivity index (χ0) is 17.6. The smallest absolute Gasteiger partial charge is 0.222 e. The Kier molecular flexibility index (Phi) is 5.69. The Morgan fingerprint density at radius 2 is 1.92 bits per heavy atom. The van der Waals surface area contributed by atoms with Gasteiger partial charge in [0.05, 0.1) is 11.7 Å². The Hall–Kier alpha value is -2.36. The number of carbonyl (C=O) groups is 1. The van der Waals surface area contributed by atoms with Crippen molar-refractivity contribution in [1.29, 1.82) is 0 Å². The molecule has 4 heteroatoms. The molecular weight excluding hydrogens is 310 g/mol. The average Bonchev–Trinajstić information content (AvgIpc) is 3.01. The molecule has 0 radical (unpaired) electrons. The number of aromatic nitrogens is 2. The number of hydrogen-bond donors (Lipinski definition) is 1. The van der Waals surface area contributed by atoms with Crippen molar-refractivity contribution >= 4 is 27.7 Å². The van der Waals surface area contributed by atoms with Gasteiger partial charge >= 0.3 is 0 Å². The molecule has 3 aromatic rings. The van der Waals surface area contributed by atoms with Crippen LogP contribution in [0, 0.1) is 0 Å². The molecule has 0 spiro atoms. The van der Waals surface area contributed by atoms with Gasteiger partial charge in [-0.05, 0) is 31.4 Å². The molecule has 2 aromatic heterocycles. The summed E-state index contributed by atoms with van der Waals surface area (Å²) in [5, 5.41) is 2.40. The van der Waals surface area contributed by atoms with Crippen LogP contribution >= 0.6 is 0 Å². The van der Waals surface area contributed by atoms with E-state index in [1.165, 1.54) is 10.8 Å². The van der Waals surface area contributed by atoms with Gasteiger partial charge in [0.1, 0.15) is 0 Å². The van der Waals surface area contributed by atoms with Crippen LogP contribution in [0.1, 0.15) is 45.2 Å². The van der Waals surface area contributed by atoms with E-state index in [2.05, 4.69) is 48.1 Å². The number of rotatable bonds is 8. The summed E-state index contributed by atoms with van der Waals surface area (Å²) in [6.45, 7) is 6.01. The lowest BCUT2D eigenvalue weighted by Crippen LogP contribution is -2.32. The Balaban J connectivity index is 1.71. The SMILES string of the molecule is CCCCN(CCC)C(=O)CCc1cc2c(cn1)[nH]c1ccccc12. The molecule has 0 atom stereocenters. The van der Waals surface area contributed by atoms with E-state index in [1.807, 2.05) is 17.2 Å². The number of aromatic amines is 1. The van der Waals surface area contributed by atoms with Gasteiger partial charge in [0, 0.05) is 41.5 Å². The predicted molar refractivity (Wildman–Crippen MR) is 104 cm³/mol. The van der Waals surface area contributed by atoms with E-state index in [9.17, 15) is 4.79 Å². The van der Waals surface area contributed by atoms with Gasteiger partial charge in [-0.25, -0.2) is 0 Å². The number of unbranched alkanes of at least 4 members (excludes halogenated alkanes) is 1. The molecule has 1 N–H and O–H groups in total. The van der Waals surface area contributed by atoms with Crippen LogP contribution in [-0.2, 0) is 11.2 Å². The minimum Gasteiger partial charge on any atom is -0.353 e. The normalized spacial score (nSPS) is 11.3. The van der Waals surface area contributed by atoms with E-state index >= 15 is 0 Å². The van der Waals surface area contributed by atoms with Crippen LogP contribution in [-0.4, -0.2) is 33.9 Å². The van der Waals surface area contributed by atoms with E-state index in [1.54, 1.807) is 0 Å². The van der Waals surface area contributed by atoms with Gasteiger partial charge in [-0.1, -0.05) is 38.5 Å². The summed E-state index contributed by atoms with van der Waals surface area (Å²) in [6.07, 6.45) is 6.31. The first-order valence-electron chi connectivity index (χ1n) is 9.36. The molecule has 0 saturated carbocycles. The molecule has 1 amide bonds. The van der Waals surface area contributed by atoms with E-state index in [0.29, 0.717) is 12.8 Å². The number of carbonyl (C=O) groups excluding carboxylic acids is 1. The quantitative estimate of drug-likeness (QED) is 0.648. The maximum absolute atomic E-state index is 12.5. The van der Waals surface area contributed by atoms with Crippen LogP contribution in [0.5, 0.6) is 0 Å². The van der Waals surface area contributed by atoms with E-state index in [0.717, 1.165) is 49.1 Å². The first-order valence-corrected chi connectivity index (χ1v) is 9.36. The van der Waals surface area contributed by atoms with E-state index in [4.69, 9.17) is 0 Å². The molecule has 0 aliphatic carbocycles. The van der Waals surface area contributed by atoms with Crippen molar-refractivity contribution in [2.24, 2.45) is 0 Å². The first kappa shape index (κ1) is 17.5. The Morgan fingerprint density at radius 3 is 2.72 bits per heavy atom. The number of pyridine rings is 1. The number of para-hydroxylation sites is 1. The standard InChI is InChI=1S/C21H27N3O/c1-3-5-13-24(12-4-2)21(25)11-10-16-14-18-17-8-6-7-9-19(17)23-20(18)15-22-16/h6-9,14-15,23H,3-5,10-13H2,1-2H3. The zero-order valence-corrected chi connectivity index (χ0v) is 15.2. The zero-order valence-electron chi connectivity index (χ0n) is 15.2. The second-order valence-corrected chi connectivity index (χ2v) is 6.63. The first-order chi connectivity index (χ1) is 12.2. The minimum absolute atomic E-state index is 0.246. The maximum Gasteiger partial charge on any atom is 0.222 e. The third-order valence-corrected chi connectivity index (χ3v) is 4.67. The van der Waals surface area contributed by atoms with Crippen LogP contribution < -0.4 is 0 Å². The molecule has 0 unspecified atom stereocenters. The average molecular weight is 337 g/mol. The van der Waals surface area contributed by atoms with Crippen LogP contribution in [0.15, 0.2) is 36.5 Å². The minimum atomic E-state index is 0.246. The summed E-state index contributed by atoms with van der Waals surface area (Å²) >= 11 is 0. The number of hydrogen-bond acceptors (Lipinski definition) is 2. The third kappa shape index (κ3) is 4.01. The fraction of sp³-hybridized carbons (Fsp3) is 0.429. The van der Waals surface area contributed by atoms with Crippen LogP contribution in [0.25, 0.3) is 21.8 Å². The van der Waals surface area contributed by atoms with Gasteiger partial charge < -0.3 is 9.88 Å². The number of fused-ring (bicyclic) bond motifs is 3. The second kappa shape index (κ2) is 8.15. The number of amides is 1. The number of H-pyrrole nitrogens is 1. The molecule has 0 bridgehead atoms. The number of nitrogens with zero attached hydrogens (tertiary/aromatic N) is 2. The van der Waals surface area contributed by atoms with Crippen molar-refractivity contribution in [3.63, 3.8) is 0 Å². The summed E-state index contributed by atoms with van der Waals surface area (Å²) in [4.78, 5) is 22.5. The fourth-order valence-corrected chi connectivity index (χ4v) is 3.30. The maximum atomic E-state index is 12.5. The van der Waals surface area contributed by atoms with Gasteiger partial charge in [0.15, 0.2) is 0 Å². The Morgan fingerprint density at radius 1 is 1.08 bits per heavy atom. The van der Waals surface area contributed by atoms with Gasteiger partial charge in [0.25, 0.3) is 0 Å². The molecule has 4 nitrogen and oxygen atoms in total. The Bertz CT molecular complexity index is 853. The van der Waals surface area contributed by atoms with Gasteiger partial charge in [0.2, 0.25) is 5.91 Å². The van der Waals surface area contributed by atoms with Crippen LogP contribution in [0.2, 0.25) is 0 Å². The molecule has 25 heavy (non-hydrogen) atoms. The highest BCUT2D eigenvalue weighted by molar-refractivity contribution is 6.06. The third-order valence-electron chi connectivity index (χ3n) is 4.67. The van der Waals surface area contributed by atoms with Crippen molar-refractivity contribution < 1.29 is 4.79 Å².